The third-order valence-electron chi connectivity index (χ3n) is 5.21. The molecule has 1 aliphatic rings. The molecule has 2 heterocycles. The number of methoxy groups -OCH3 is 1. The van der Waals surface area contributed by atoms with Gasteiger partial charge in [0.2, 0.25) is 11.7 Å². The smallest absolute Gasteiger partial charge is 0.270 e. The minimum Gasteiger partial charge on any atom is -0.497 e. The largest absolute Gasteiger partial charge is 0.497 e. The van der Waals surface area contributed by atoms with E-state index in [1.165, 1.54) is 18.2 Å². The van der Waals surface area contributed by atoms with Crippen molar-refractivity contribution in [1.82, 2.24) is 15.0 Å². The Labute approximate surface area is 182 Å². The number of amides is 1. The number of aromatic nitrogens is 2. The van der Waals surface area contributed by atoms with Crippen molar-refractivity contribution < 1.29 is 19.0 Å². The van der Waals surface area contributed by atoms with Gasteiger partial charge in [-0.05, 0) is 37.5 Å². The van der Waals surface area contributed by atoms with Crippen molar-refractivity contribution in [3.63, 3.8) is 0 Å². The average molecular weight is 443 g/mol. The molecular formula is C21H19ClN4O5. The van der Waals surface area contributed by atoms with Crippen LogP contribution in [0.1, 0.15) is 41.6 Å². The van der Waals surface area contributed by atoms with Gasteiger partial charge in [-0.1, -0.05) is 28.9 Å². The van der Waals surface area contributed by atoms with Crippen LogP contribution in [0.4, 0.5) is 5.69 Å². The van der Waals surface area contributed by atoms with Crippen LogP contribution in [-0.4, -0.2) is 39.5 Å². The first-order valence-corrected chi connectivity index (χ1v) is 10.1. The molecule has 0 spiro atoms. The van der Waals surface area contributed by atoms with Crippen molar-refractivity contribution in [2.75, 3.05) is 13.7 Å². The Morgan fingerprint density at radius 1 is 1.29 bits per heavy atom. The second-order valence-electron chi connectivity index (χ2n) is 7.12. The summed E-state index contributed by atoms with van der Waals surface area (Å²) in [5.74, 6) is 1.08. The molecular weight excluding hydrogens is 424 g/mol. The number of likely N-dealkylation sites (tertiary alicyclic amines) is 1. The van der Waals surface area contributed by atoms with Crippen LogP contribution in [0.3, 0.4) is 0 Å². The maximum atomic E-state index is 13.2. The molecule has 9 nitrogen and oxygen atoms in total. The van der Waals surface area contributed by atoms with Crippen LogP contribution < -0.4 is 4.74 Å². The van der Waals surface area contributed by atoms with Crippen molar-refractivity contribution >= 4 is 23.2 Å². The fraction of sp³-hybridized carbons (Fsp3) is 0.286. The molecule has 1 fully saturated rings. The lowest BCUT2D eigenvalue weighted by Gasteiger charge is -2.33. The number of carbonyl (C=O) groups is 1. The predicted molar refractivity (Wildman–Crippen MR) is 112 cm³/mol. The summed E-state index contributed by atoms with van der Waals surface area (Å²) in [5, 5.41) is 15.1. The summed E-state index contributed by atoms with van der Waals surface area (Å²) in [5.41, 5.74) is 0.768. The van der Waals surface area contributed by atoms with Crippen LogP contribution in [0.15, 0.2) is 47.0 Å². The highest BCUT2D eigenvalue weighted by Crippen LogP contribution is 2.34. The molecule has 1 unspecified atom stereocenters. The Balaban J connectivity index is 1.62. The third-order valence-corrected chi connectivity index (χ3v) is 5.53. The van der Waals surface area contributed by atoms with Gasteiger partial charge >= 0.3 is 0 Å². The topological polar surface area (TPSA) is 112 Å². The van der Waals surface area contributed by atoms with Crippen molar-refractivity contribution in [1.29, 1.82) is 0 Å². The SMILES string of the molecule is COc1cccc(-c2noc(C3CCCCN3C(=O)c3ccc([N+](=O)[O-])cc3Cl)n2)c1. The fourth-order valence-corrected chi connectivity index (χ4v) is 3.88. The Morgan fingerprint density at radius 2 is 2.13 bits per heavy atom. The van der Waals surface area contributed by atoms with E-state index in [2.05, 4.69) is 10.1 Å². The lowest BCUT2D eigenvalue weighted by molar-refractivity contribution is -0.384. The monoisotopic (exact) mass is 442 g/mol. The molecule has 0 bridgehead atoms. The van der Waals surface area contributed by atoms with Crippen molar-refractivity contribution in [2.24, 2.45) is 0 Å². The number of hydrogen-bond donors (Lipinski definition) is 0. The number of ether oxygens (including phenoxy) is 1. The Hall–Kier alpha value is -3.46. The number of rotatable bonds is 5. The van der Waals surface area contributed by atoms with Gasteiger partial charge in [-0.2, -0.15) is 4.98 Å². The minimum atomic E-state index is -0.553. The van der Waals surface area contributed by atoms with Gasteiger partial charge < -0.3 is 14.2 Å². The van der Waals surface area contributed by atoms with E-state index in [0.29, 0.717) is 30.4 Å². The standard InChI is InChI=1S/C21H19ClN4O5/c1-30-15-6-4-5-13(11-15)19-23-20(31-24-19)18-7-2-3-10-25(18)21(27)16-9-8-14(26(28)29)12-17(16)22/h4-6,8-9,11-12,18H,2-3,7,10H2,1H3. The Bertz CT molecular complexity index is 1130. The molecule has 2 aromatic carbocycles. The maximum Gasteiger partial charge on any atom is 0.270 e. The second-order valence-corrected chi connectivity index (χ2v) is 7.53. The molecule has 10 heteroatoms. The van der Waals surface area contributed by atoms with E-state index >= 15 is 0 Å². The van der Waals surface area contributed by atoms with E-state index in [0.717, 1.165) is 18.4 Å². The maximum absolute atomic E-state index is 13.2. The molecule has 1 aromatic heterocycles. The van der Waals surface area contributed by atoms with Gasteiger partial charge in [-0.15, -0.1) is 0 Å². The number of nitrogens with zero attached hydrogens (tertiary/aromatic N) is 4. The van der Waals surface area contributed by atoms with E-state index in [4.69, 9.17) is 20.9 Å². The van der Waals surface area contributed by atoms with E-state index in [9.17, 15) is 14.9 Å². The molecule has 0 radical (unpaired) electrons. The van der Waals surface area contributed by atoms with Crippen LogP contribution in [0.25, 0.3) is 11.4 Å². The van der Waals surface area contributed by atoms with E-state index in [1.807, 2.05) is 18.2 Å². The van der Waals surface area contributed by atoms with Gasteiger partial charge in [0.15, 0.2) is 0 Å². The Morgan fingerprint density at radius 3 is 2.87 bits per heavy atom. The van der Waals surface area contributed by atoms with Crippen LogP contribution >= 0.6 is 11.6 Å². The van der Waals surface area contributed by atoms with Crippen LogP contribution in [-0.2, 0) is 0 Å². The average Bonchev–Trinajstić information content (AvgIpc) is 3.29. The van der Waals surface area contributed by atoms with Gasteiger partial charge in [0.1, 0.15) is 11.8 Å². The zero-order valence-electron chi connectivity index (χ0n) is 16.7. The van der Waals surface area contributed by atoms with Gasteiger partial charge in [0.05, 0.1) is 22.6 Å². The van der Waals surface area contributed by atoms with E-state index in [1.54, 1.807) is 18.1 Å². The van der Waals surface area contributed by atoms with Crippen molar-refractivity contribution in [3.8, 4) is 17.1 Å². The normalized spacial score (nSPS) is 16.2. The third kappa shape index (κ3) is 4.22. The summed E-state index contributed by atoms with van der Waals surface area (Å²) in [4.78, 5) is 29.8. The number of carbonyl (C=O) groups excluding carboxylic acids is 1. The second kappa shape index (κ2) is 8.73. The lowest BCUT2D eigenvalue weighted by Crippen LogP contribution is -2.38. The summed E-state index contributed by atoms with van der Waals surface area (Å²) in [6.07, 6.45) is 2.39. The molecule has 1 aliphatic heterocycles. The number of halogens is 1. The van der Waals surface area contributed by atoms with Crippen molar-refractivity contribution in [2.45, 2.75) is 25.3 Å². The molecule has 3 aromatic rings. The van der Waals surface area contributed by atoms with E-state index < -0.39 is 11.0 Å². The van der Waals surface area contributed by atoms with Gasteiger partial charge in [0.25, 0.3) is 11.6 Å². The number of benzene rings is 2. The van der Waals surface area contributed by atoms with Crippen LogP contribution in [0, 0.1) is 10.1 Å². The number of piperidine rings is 1. The molecule has 1 amide bonds. The van der Waals surface area contributed by atoms with E-state index in [-0.39, 0.29) is 22.2 Å². The molecule has 160 valence electrons. The summed E-state index contributed by atoms with van der Waals surface area (Å²) in [7, 11) is 1.58. The zero-order valence-corrected chi connectivity index (χ0v) is 17.4. The number of non-ortho nitro benzene ring substituents is 1. The zero-order chi connectivity index (χ0) is 22.0. The summed E-state index contributed by atoms with van der Waals surface area (Å²) in [6.45, 7) is 0.494. The van der Waals surface area contributed by atoms with Crippen LogP contribution in [0.2, 0.25) is 5.02 Å². The first kappa shape index (κ1) is 20.8. The van der Waals surface area contributed by atoms with Gasteiger partial charge in [0, 0.05) is 24.2 Å². The van der Waals surface area contributed by atoms with Gasteiger partial charge in [-0.25, -0.2) is 0 Å². The number of nitro groups is 1. The molecule has 1 saturated heterocycles. The fourth-order valence-electron chi connectivity index (χ4n) is 3.63. The Kier molecular flexibility index (Phi) is 5.85. The van der Waals surface area contributed by atoms with Crippen molar-refractivity contribution in [3.05, 3.63) is 69.1 Å². The van der Waals surface area contributed by atoms with Crippen LogP contribution in [0.5, 0.6) is 5.75 Å². The molecule has 1 atom stereocenters. The molecule has 4 rings (SSSR count). The summed E-state index contributed by atoms with van der Waals surface area (Å²) in [6, 6.07) is 10.7. The first-order chi connectivity index (χ1) is 15.0. The number of nitro benzene ring substituents is 1. The minimum absolute atomic E-state index is 0.0334. The summed E-state index contributed by atoms with van der Waals surface area (Å²) >= 11 is 6.18. The lowest BCUT2D eigenvalue weighted by atomic mass is 10.0. The predicted octanol–water partition coefficient (Wildman–Crippen LogP) is 4.67. The first-order valence-electron chi connectivity index (χ1n) is 9.71. The molecule has 0 N–H and O–H groups in total. The highest BCUT2D eigenvalue weighted by Gasteiger charge is 2.34. The van der Waals surface area contributed by atoms with Gasteiger partial charge in [-0.3, -0.25) is 14.9 Å². The molecule has 0 aliphatic carbocycles. The quantitative estimate of drug-likeness (QED) is 0.416. The molecule has 31 heavy (non-hydrogen) atoms. The molecule has 0 saturated carbocycles. The number of hydrogen-bond acceptors (Lipinski definition) is 7. The summed E-state index contributed by atoms with van der Waals surface area (Å²) < 4.78 is 10.7. The highest BCUT2D eigenvalue weighted by atomic mass is 35.5. The highest BCUT2D eigenvalue weighted by molar-refractivity contribution is 6.34.